The number of imide groups is 1. The quantitative estimate of drug-likeness (QED) is 0.731. The lowest BCUT2D eigenvalue weighted by atomic mass is 9.53. The second kappa shape index (κ2) is 5.52. The molecule has 0 spiro atoms. The van der Waals surface area contributed by atoms with E-state index in [2.05, 4.69) is 16.0 Å². The van der Waals surface area contributed by atoms with Crippen LogP contribution in [0.4, 0.5) is 4.79 Å². The molecule has 0 aromatic rings. The van der Waals surface area contributed by atoms with Crippen LogP contribution in [-0.2, 0) is 4.79 Å². The first-order valence-corrected chi connectivity index (χ1v) is 8.69. The molecule has 4 fully saturated rings. The molecule has 0 heterocycles. The molecule has 4 rings (SSSR count). The second-order valence-corrected chi connectivity index (χ2v) is 8.94. The smallest absolute Gasteiger partial charge is 0.322 e. The van der Waals surface area contributed by atoms with E-state index >= 15 is 0 Å². The van der Waals surface area contributed by atoms with Crippen LogP contribution in [0.3, 0.4) is 0 Å². The molecule has 124 valence electrons. The third-order valence-electron chi connectivity index (χ3n) is 5.55. The molecule has 0 aromatic heterocycles. The Bertz CT molecular complexity index is 432. The summed E-state index contributed by atoms with van der Waals surface area (Å²) in [5.41, 5.74) is -0.0411. The molecule has 4 aliphatic rings. The maximum atomic E-state index is 12.0. The van der Waals surface area contributed by atoms with Gasteiger partial charge in [-0.25, -0.2) is 4.79 Å². The van der Waals surface area contributed by atoms with Crippen LogP contribution in [-0.4, -0.2) is 29.6 Å². The van der Waals surface area contributed by atoms with Gasteiger partial charge < -0.3 is 10.6 Å². The van der Waals surface area contributed by atoms with E-state index in [1.807, 2.05) is 20.8 Å². The number of rotatable bonds is 3. The third kappa shape index (κ3) is 3.62. The minimum Gasteiger partial charge on any atom is -0.334 e. The average molecular weight is 308 g/mol. The summed E-state index contributed by atoms with van der Waals surface area (Å²) in [5, 5.41) is 7.44. The molecule has 0 radical (unpaired) electrons. The summed E-state index contributed by atoms with van der Waals surface area (Å²) in [7, 11) is 0. The van der Waals surface area contributed by atoms with E-state index in [1.165, 1.54) is 38.5 Å². The van der Waals surface area contributed by atoms with Crippen LogP contribution in [0.25, 0.3) is 0 Å². The molecule has 0 saturated heterocycles. The Kier molecular flexibility index (Phi) is 3.96. The van der Waals surface area contributed by atoms with Crippen molar-refractivity contribution in [1.82, 2.24) is 10.6 Å². The number of carbonyl (C=O) groups excluding carboxylic acids is 2. The van der Waals surface area contributed by atoms with Gasteiger partial charge in [-0.15, -0.1) is 0 Å². The molecular formula is C17H30N3O2+. The van der Waals surface area contributed by atoms with Crippen molar-refractivity contribution in [3.05, 3.63) is 0 Å². The topological polar surface area (TPSA) is 74.8 Å². The van der Waals surface area contributed by atoms with Gasteiger partial charge >= 0.3 is 6.03 Å². The highest BCUT2D eigenvalue weighted by molar-refractivity contribution is 5.94. The fourth-order valence-corrected chi connectivity index (χ4v) is 5.29. The van der Waals surface area contributed by atoms with E-state index in [4.69, 9.17) is 0 Å². The van der Waals surface area contributed by atoms with Crippen LogP contribution >= 0.6 is 0 Å². The number of nitrogens with two attached hydrogens (primary N) is 1. The Balaban J connectivity index is 1.48. The molecule has 4 aliphatic carbocycles. The standard InChI is InChI=1S/C17H29N3O2/c1-16(2,3)20-15(22)19-14(21)10-18-17-7-11-4-12(8-17)6-13(5-11)9-17/h11-13,18H,4-10H2,1-3H3,(H2,19,20,21,22)/p+1. The highest BCUT2D eigenvalue weighted by Crippen LogP contribution is 2.54. The zero-order valence-electron chi connectivity index (χ0n) is 14.1. The molecule has 5 heteroatoms. The van der Waals surface area contributed by atoms with E-state index < -0.39 is 6.03 Å². The molecule has 4 bridgehead atoms. The SMILES string of the molecule is CC(C)(C)NC(=O)NC(=O)C[NH2+]C12CC3CC(CC(C3)C1)C2. The van der Waals surface area contributed by atoms with E-state index in [1.54, 1.807) is 0 Å². The van der Waals surface area contributed by atoms with Gasteiger partial charge in [0.1, 0.15) is 0 Å². The number of nitrogens with one attached hydrogen (secondary N) is 2. The molecule has 0 aliphatic heterocycles. The molecule has 4 saturated carbocycles. The van der Waals surface area contributed by atoms with Gasteiger partial charge in [0, 0.05) is 24.8 Å². The summed E-state index contributed by atoms with van der Waals surface area (Å²) < 4.78 is 0. The van der Waals surface area contributed by atoms with Gasteiger partial charge in [-0.1, -0.05) is 0 Å². The van der Waals surface area contributed by atoms with Gasteiger partial charge in [0.25, 0.3) is 5.91 Å². The summed E-state index contributed by atoms with van der Waals surface area (Å²) in [4.78, 5) is 23.8. The maximum absolute atomic E-state index is 12.0. The number of hydrogen-bond acceptors (Lipinski definition) is 2. The lowest BCUT2D eigenvalue weighted by molar-refractivity contribution is -0.730. The summed E-state index contributed by atoms with van der Waals surface area (Å²) in [6.45, 7) is 6.07. The molecule has 3 amide bonds. The van der Waals surface area contributed by atoms with Crippen molar-refractivity contribution in [3.63, 3.8) is 0 Å². The van der Waals surface area contributed by atoms with E-state index in [0.29, 0.717) is 6.54 Å². The van der Waals surface area contributed by atoms with Crippen LogP contribution in [0, 0.1) is 17.8 Å². The zero-order valence-corrected chi connectivity index (χ0v) is 14.1. The number of quaternary nitrogens is 1. The fraction of sp³-hybridized carbons (Fsp3) is 0.882. The van der Waals surface area contributed by atoms with Crippen molar-refractivity contribution >= 4 is 11.9 Å². The van der Waals surface area contributed by atoms with Gasteiger partial charge in [0.2, 0.25) is 0 Å². The van der Waals surface area contributed by atoms with E-state index in [0.717, 1.165) is 17.8 Å². The van der Waals surface area contributed by atoms with Crippen molar-refractivity contribution in [2.24, 2.45) is 17.8 Å². The summed E-state index contributed by atoms with van der Waals surface area (Å²) in [5.74, 6) is 2.47. The minimum atomic E-state index is -0.392. The maximum Gasteiger partial charge on any atom is 0.322 e. The van der Waals surface area contributed by atoms with Crippen molar-refractivity contribution in [2.75, 3.05) is 6.54 Å². The Labute approximate surface area is 133 Å². The lowest BCUT2D eigenvalue weighted by Gasteiger charge is -2.54. The molecule has 5 nitrogen and oxygen atoms in total. The fourth-order valence-electron chi connectivity index (χ4n) is 5.29. The van der Waals surface area contributed by atoms with Crippen LogP contribution in [0.2, 0.25) is 0 Å². The number of carbonyl (C=O) groups is 2. The predicted octanol–water partition coefficient (Wildman–Crippen LogP) is 1.14. The van der Waals surface area contributed by atoms with Gasteiger partial charge in [0.05, 0.1) is 5.54 Å². The normalized spacial score (nSPS) is 36.2. The van der Waals surface area contributed by atoms with Crippen LogP contribution in [0.1, 0.15) is 59.3 Å². The van der Waals surface area contributed by atoms with Crippen LogP contribution in [0.5, 0.6) is 0 Å². The third-order valence-corrected chi connectivity index (χ3v) is 5.55. The molecule has 0 atom stereocenters. The number of hydrogen-bond donors (Lipinski definition) is 3. The highest BCUT2D eigenvalue weighted by atomic mass is 16.2. The highest BCUT2D eigenvalue weighted by Gasteiger charge is 2.53. The first-order valence-electron chi connectivity index (χ1n) is 8.69. The van der Waals surface area contributed by atoms with Crippen LogP contribution < -0.4 is 16.0 Å². The van der Waals surface area contributed by atoms with Gasteiger partial charge in [0.15, 0.2) is 6.54 Å². The second-order valence-electron chi connectivity index (χ2n) is 8.94. The molecular weight excluding hydrogens is 278 g/mol. The molecule has 22 heavy (non-hydrogen) atoms. The first kappa shape index (κ1) is 15.8. The van der Waals surface area contributed by atoms with Crippen molar-refractivity contribution in [2.45, 2.75) is 70.4 Å². The Morgan fingerprint density at radius 3 is 2.00 bits per heavy atom. The van der Waals surface area contributed by atoms with Gasteiger partial charge in [-0.2, -0.15) is 0 Å². The molecule has 4 N–H and O–H groups in total. The lowest BCUT2D eigenvalue weighted by Crippen LogP contribution is -3.00. The first-order chi connectivity index (χ1) is 10.2. The monoisotopic (exact) mass is 308 g/mol. The summed E-state index contributed by atoms with van der Waals surface area (Å²) in [6, 6.07) is -0.392. The van der Waals surface area contributed by atoms with Gasteiger partial charge in [-0.05, 0) is 57.8 Å². The Morgan fingerprint density at radius 2 is 1.55 bits per heavy atom. The predicted molar refractivity (Wildman–Crippen MR) is 84.1 cm³/mol. The van der Waals surface area contributed by atoms with E-state index in [-0.39, 0.29) is 17.0 Å². The van der Waals surface area contributed by atoms with Crippen molar-refractivity contribution in [1.29, 1.82) is 0 Å². The Morgan fingerprint density at radius 1 is 1.05 bits per heavy atom. The average Bonchev–Trinajstić information content (AvgIpc) is 2.32. The largest absolute Gasteiger partial charge is 0.334 e. The number of amides is 3. The van der Waals surface area contributed by atoms with E-state index in [9.17, 15) is 9.59 Å². The van der Waals surface area contributed by atoms with Crippen LogP contribution in [0.15, 0.2) is 0 Å². The van der Waals surface area contributed by atoms with Gasteiger partial charge in [-0.3, -0.25) is 10.1 Å². The molecule has 0 unspecified atom stereocenters. The summed E-state index contributed by atoms with van der Waals surface area (Å²) in [6.07, 6.45) is 8.02. The summed E-state index contributed by atoms with van der Waals surface area (Å²) >= 11 is 0. The zero-order chi connectivity index (χ0) is 16.0. The molecule has 0 aromatic carbocycles. The minimum absolute atomic E-state index is 0.183. The van der Waals surface area contributed by atoms with Crippen molar-refractivity contribution in [3.8, 4) is 0 Å². The Hall–Kier alpha value is -1.10. The van der Waals surface area contributed by atoms with Crippen molar-refractivity contribution < 1.29 is 14.9 Å². The number of urea groups is 1.